The van der Waals surface area contributed by atoms with Crippen LogP contribution in [0.1, 0.15) is 18.7 Å². The van der Waals surface area contributed by atoms with Crippen LogP contribution in [0.25, 0.3) is 0 Å². The molecule has 5 nitrogen and oxygen atoms in total. The molecule has 1 saturated heterocycles. The van der Waals surface area contributed by atoms with E-state index in [1.54, 1.807) is 6.20 Å². The zero-order valence-electron chi connectivity index (χ0n) is 10.8. The van der Waals surface area contributed by atoms with E-state index < -0.39 is 0 Å². The largest absolute Gasteiger partial charge is 0.395 e. The minimum Gasteiger partial charge on any atom is -0.395 e. The summed E-state index contributed by atoms with van der Waals surface area (Å²) in [6.07, 6.45) is 4.12. The maximum absolute atomic E-state index is 9.15. The lowest BCUT2D eigenvalue weighted by molar-refractivity contribution is 0.175. The second-order valence-electron chi connectivity index (χ2n) is 4.81. The second-order valence-corrected chi connectivity index (χ2v) is 5.20. The molecule has 0 aliphatic carbocycles. The van der Waals surface area contributed by atoms with Crippen LogP contribution in [0.3, 0.4) is 0 Å². The Hall–Kier alpha value is -0.620. The Labute approximate surface area is 113 Å². The second kappa shape index (κ2) is 6.52. The minimum absolute atomic E-state index is 0.172. The van der Waals surface area contributed by atoms with Crippen molar-refractivity contribution >= 4 is 11.6 Å². The van der Waals surface area contributed by atoms with Gasteiger partial charge in [0.15, 0.2) is 0 Å². The molecule has 0 radical (unpaired) electrons. The standard InChI is InChI=1S/C12H21ClN4O/c1-16-11(13)7-15-12(16)9-17(5-6-18)8-10-3-2-4-14-10/h7,10,14,18H,2-6,8-9H2,1H3. The highest BCUT2D eigenvalue weighted by Crippen LogP contribution is 2.13. The fraction of sp³-hybridized carbons (Fsp3) is 0.750. The molecule has 0 spiro atoms. The number of aliphatic hydroxyl groups is 1. The molecular formula is C12H21ClN4O. The molecule has 1 atom stereocenters. The molecule has 6 heteroatoms. The van der Waals surface area contributed by atoms with Gasteiger partial charge in [0.05, 0.1) is 19.3 Å². The summed E-state index contributed by atoms with van der Waals surface area (Å²) in [5, 5.41) is 13.3. The van der Waals surface area contributed by atoms with Crippen molar-refractivity contribution in [2.24, 2.45) is 7.05 Å². The van der Waals surface area contributed by atoms with Gasteiger partial charge in [0.25, 0.3) is 0 Å². The number of nitrogens with zero attached hydrogens (tertiary/aromatic N) is 3. The average Bonchev–Trinajstić information content (AvgIpc) is 2.95. The van der Waals surface area contributed by atoms with E-state index in [4.69, 9.17) is 16.7 Å². The average molecular weight is 273 g/mol. The first-order valence-electron chi connectivity index (χ1n) is 6.43. The summed E-state index contributed by atoms with van der Waals surface area (Å²) in [5.41, 5.74) is 0. The van der Waals surface area contributed by atoms with Gasteiger partial charge in [0.2, 0.25) is 0 Å². The SMILES string of the molecule is Cn1c(Cl)cnc1CN(CCO)CC1CCCN1. The Morgan fingerprint density at radius 3 is 3.06 bits per heavy atom. The van der Waals surface area contributed by atoms with E-state index in [1.807, 2.05) is 11.6 Å². The van der Waals surface area contributed by atoms with Crippen LogP contribution >= 0.6 is 11.6 Å². The first kappa shape index (κ1) is 13.8. The van der Waals surface area contributed by atoms with Gasteiger partial charge in [-0.2, -0.15) is 0 Å². The quantitative estimate of drug-likeness (QED) is 0.797. The Bertz CT molecular complexity index is 376. The highest BCUT2D eigenvalue weighted by Gasteiger charge is 2.19. The van der Waals surface area contributed by atoms with E-state index in [0.717, 1.165) is 25.5 Å². The molecule has 1 aromatic rings. The van der Waals surface area contributed by atoms with Gasteiger partial charge in [-0.25, -0.2) is 4.98 Å². The summed E-state index contributed by atoms with van der Waals surface area (Å²) in [5.74, 6) is 0.937. The van der Waals surface area contributed by atoms with Crippen LogP contribution in [0.15, 0.2) is 6.20 Å². The Morgan fingerprint density at radius 2 is 2.50 bits per heavy atom. The van der Waals surface area contributed by atoms with Crippen LogP contribution < -0.4 is 5.32 Å². The van der Waals surface area contributed by atoms with Gasteiger partial charge in [-0.3, -0.25) is 4.90 Å². The number of nitrogens with one attached hydrogen (secondary N) is 1. The van der Waals surface area contributed by atoms with Gasteiger partial charge in [0, 0.05) is 26.2 Å². The van der Waals surface area contributed by atoms with Crippen LogP contribution in [0.5, 0.6) is 0 Å². The number of hydrogen-bond donors (Lipinski definition) is 2. The normalized spacial score (nSPS) is 19.9. The predicted octanol–water partition coefficient (Wildman–Crippen LogP) is 0.620. The summed E-state index contributed by atoms with van der Waals surface area (Å²) < 4.78 is 1.88. The third kappa shape index (κ3) is 3.45. The van der Waals surface area contributed by atoms with Crippen LogP contribution in [0.4, 0.5) is 0 Å². The predicted molar refractivity (Wildman–Crippen MR) is 71.6 cm³/mol. The van der Waals surface area contributed by atoms with Crippen molar-refractivity contribution in [3.05, 3.63) is 17.2 Å². The third-order valence-electron chi connectivity index (χ3n) is 3.45. The Morgan fingerprint density at radius 1 is 1.67 bits per heavy atom. The third-order valence-corrected chi connectivity index (χ3v) is 3.80. The van der Waals surface area contributed by atoms with E-state index in [0.29, 0.717) is 17.7 Å². The van der Waals surface area contributed by atoms with Gasteiger partial charge >= 0.3 is 0 Å². The molecule has 0 aromatic carbocycles. The number of aliphatic hydroxyl groups excluding tert-OH is 1. The lowest BCUT2D eigenvalue weighted by atomic mass is 10.2. The fourth-order valence-electron chi connectivity index (χ4n) is 2.37. The first-order valence-corrected chi connectivity index (χ1v) is 6.81. The van der Waals surface area contributed by atoms with E-state index in [-0.39, 0.29) is 6.61 Å². The molecule has 1 aliphatic rings. The smallest absolute Gasteiger partial charge is 0.128 e. The van der Waals surface area contributed by atoms with Crippen molar-refractivity contribution in [2.75, 3.05) is 26.2 Å². The molecule has 0 bridgehead atoms. The number of aromatic nitrogens is 2. The number of rotatable bonds is 6. The van der Waals surface area contributed by atoms with Crippen LogP contribution in [0.2, 0.25) is 5.15 Å². The number of halogens is 1. The van der Waals surface area contributed by atoms with Crippen molar-refractivity contribution < 1.29 is 5.11 Å². The van der Waals surface area contributed by atoms with Gasteiger partial charge in [-0.05, 0) is 19.4 Å². The zero-order valence-corrected chi connectivity index (χ0v) is 11.5. The van der Waals surface area contributed by atoms with Gasteiger partial charge in [0.1, 0.15) is 11.0 Å². The molecule has 2 heterocycles. The molecule has 18 heavy (non-hydrogen) atoms. The maximum atomic E-state index is 9.15. The summed E-state index contributed by atoms with van der Waals surface area (Å²) in [6, 6.07) is 0.535. The Balaban J connectivity index is 1.94. The summed E-state index contributed by atoms with van der Waals surface area (Å²) >= 11 is 5.98. The van der Waals surface area contributed by atoms with Crippen LogP contribution in [-0.4, -0.2) is 51.8 Å². The molecule has 0 saturated carbocycles. The topological polar surface area (TPSA) is 53.3 Å². The molecule has 1 unspecified atom stereocenters. The van der Waals surface area contributed by atoms with E-state index in [1.165, 1.54) is 12.8 Å². The lowest BCUT2D eigenvalue weighted by Gasteiger charge is -2.24. The maximum Gasteiger partial charge on any atom is 0.128 e. The van der Waals surface area contributed by atoms with Crippen molar-refractivity contribution in [1.82, 2.24) is 19.8 Å². The monoisotopic (exact) mass is 272 g/mol. The van der Waals surface area contributed by atoms with Gasteiger partial charge in [-0.1, -0.05) is 11.6 Å². The lowest BCUT2D eigenvalue weighted by Crippen LogP contribution is -2.39. The first-order chi connectivity index (χ1) is 8.70. The molecule has 102 valence electrons. The molecule has 1 fully saturated rings. The van der Waals surface area contributed by atoms with Crippen molar-refractivity contribution in [1.29, 1.82) is 0 Å². The van der Waals surface area contributed by atoms with Crippen LogP contribution in [-0.2, 0) is 13.6 Å². The molecular weight excluding hydrogens is 252 g/mol. The molecule has 1 aromatic heterocycles. The van der Waals surface area contributed by atoms with E-state index in [2.05, 4.69) is 15.2 Å². The summed E-state index contributed by atoms with van der Waals surface area (Å²) in [4.78, 5) is 6.52. The highest BCUT2D eigenvalue weighted by molar-refractivity contribution is 6.29. The summed E-state index contributed by atoms with van der Waals surface area (Å²) in [7, 11) is 1.91. The molecule has 1 aliphatic heterocycles. The fourth-order valence-corrected chi connectivity index (χ4v) is 2.52. The van der Waals surface area contributed by atoms with E-state index in [9.17, 15) is 0 Å². The van der Waals surface area contributed by atoms with Crippen molar-refractivity contribution in [3.8, 4) is 0 Å². The number of imidazole rings is 1. The van der Waals surface area contributed by atoms with Gasteiger partial charge in [-0.15, -0.1) is 0 Å². The minimum atomic E-state index is 0.172. The van der Waals surface area contributed by atoms with E-state index >= 15 is 0 Å². The summed E-state index contributed by atoms with van der Waals surface area (Å²) in [6.45, 7) is 3.62. The molecule has 2 rings (SSSR count). The Kier molecular flexibility index (Phi) is 5.00. The van der Waals surface area contributed by atoms with Gasteiger partial charge < -0.3 is 15.0 Å². The zero-order chi connectivity index (χ0) is 13.0. The van der Waals surface area contributed by atoms with Crippen molar-refractivity contribution in [3.63, 3.8) is 0 Å². The molecule has 0 amide bonds. The molecule has 2 N–H and O–H groups in total. The van der Waals surface area contributed by atoms with Crippen LogP contribution in [0, 0.1) is 0 Å². The number of hydrogen-bond acceptors (Lipinski definition) is 4. The highest BCUT2D eigenvalue weighted by atomic mass is 35.5. The van der Waals surface area contributed by atoms with Crippen molar-refractivity contribution in [2.45, 2.75) is 25.4 Å².